The summed E-state index contributed by atoms with van der Waals surface area (Å²) >= 11 is 0. The van der Waals surface area contributed by atoms with Gasteiger partial charge in [-0.1, -0.05) is 12.1 Å². The number of hydrogen-bond acceptors (Lipinski definition) is 7. The number of hydrogen-bond donors (Lipinski definition) is 3. The smallest absolute Gasteiger partial charge is 0.338 e. The third-order valence-corrected chi connectivity index (χ3v) is 7.60. The highest BCUT2D eigenvalue weighted by Gasteiger charge is 2.31. The summed E-state index contributed by atoms with van der Waals surface area (Å²) in [6.07, 6.45) is 6.23. The number of anilines is 1. The highest BCUT2D eigenvalue weighted by atomic mass is 16.2. The summed E-state index contributed by atoms with van der Waals surface area (Å²) in [6.45, 7) is 8.22. The first-order valence-electron chi connectivity index (χ1n) is 13.9. The zero-order valence-electron chi connectivity index (χ0n) is 23.4. The first-order chi connectivity index (χ1) is 18.6. The van der Waals surface area contributed by atoms with Crippen molar-refractivity contribution in [3.8, 4) is 5.69 Å². The second-order valence-corrected chi connectivity index (χ2v) is 11.1. The van der Waals surface area contributed by atoms with Crippen molar-refractivity contribution in [2.75, 3.05) is 58.2 Å². The standard InChI is InChI=1S/C28H42N8O3/c1-28(2,29)25(37)34-17-19-35(20-18-34)26(38)31-24-12-16-36(27(39)32-24)23-8-6-21(7-9-23)10-14-33-13-4-5-22(30-3)11-15-33/h6-9,12,16,22,30H,4-5,10-11,13-15,17-20,29H2,1-3H3,(H,31,32,38,39). The van der Waals surface area contributed by atoms with Gasteiger partial charge in [0.2, 0.25) is 5.91 Å². The van der Waals surface area contributed by atoms with Gasteiger partial charge in [0, 0.05) is 45.0 Å². The molecule has 3 heterocycles. The topological polar surface area (TPSA) is 129 Å². The molecule has 2 aliphatic rings. The van der Waals surface area contributed by atoms with Crippen LogP contribution in [0.15, 0.2) is 41.3 Å². The number of nitrogens with one attached hydrogen (secondary N) is 2. The molecule has 0 saturated carbocycles. The number of benzene rings is 1. The van der Waals surface area contributed by atoms with E-state index in [-0.39, 0.29) is 17.8 Å². The maximum Gasteiger partial charge on any atom is 0.354 e. The zero-order valence-corrected chi connectivity index (χ0v) is 23.4. The van der Waals surface area contributed by atoms with Gasteiger partial charge in [-0.05, 0) is 83.4 Å². The fraction of sp³-hybridized carbons (Fsp3) is 0.571. The molecule has 2 saturated heterocycles. The highest BCUT2D eigenvalue weighted by Crippen LogP contribution is 2.14. The lowest BCUT2D eigenvalue weighted by Gasteiger charge is -2.37. The largest absolute Gasteiger partial charge is 0.354 e. The molecule has 2 aliphatic heterocycles. The number of carbonyl (C=O) groups excluding carboxylic acids is 2. The minimum absolute atomic E-state index is 0.138. The Morgan fingerprint density at radius 2 is 1.69 bits per heavy atom. The lowest BCUT2D eigenvalue weighted by Crippen LogP contribution is -2.58. The monoisotopic (exact) mass is 538 g/mol. The molecule has 0 bridgehead atoms. The fourth-order valence-corrected chi connectivity index (χ4v) is 5.16. The van der Waals surface area contributed by atoms with E-state index in [1.807, 2.05) is 19.2 Å². The van der Waals surface area contributed by atoms with Crippen LogP contribution in [-0.4, -0.2) is 101 Å². The molecule has 1 atom stereocenters. The van der Waals surface area contributed by atoms with Crippen molar-refractivity contribution in [2.24, 2.45) is 5.73 Å². The lowest BCUT2D eigenvalue weighted by atomic mass is 10.1. The number of likely N-dealkylation sites (tertiary alicyclic amines) is 1. The maximum atomic E-state index is 12.7. The third-order valence-electron chi connectivity index (χ3n) is 7.60. The van der Waals surface area contributed by atoms with Gasteiger partial charge in [-0.2, -0.15) is 4.98 Å². The van der Waals surface area contributed by atoms with Gasteiger partial charge in [0.1, 0.15) is 5.82 Å². The molecule has 0 aliphatic carbocycles. The van der Waals surface area contributed by atoms with Crippen molar-refractivity contribution in [1.82, 2.24) is 29.6 Å². The van der Waals surface area contributed by atoms with Gasteiger partial charge in [0.25, 0.3) is 0 Å². The molecule has 4 rings (SSSR count). The Bertz CT molecular complexity index is 1180. The number of nitrogens with zero attached hydrogens (tertiary/aromatic N) is 5. The van der Waals surface area contributed by atoms with Crippen molar-refractivity contribution in [1.29, 1.82) is 0 Å². The molecule has 11 heteroatoms. The van der Waals surface area contributed by atoms with Crippen LogP contribution in [0.25, 0.3) is 5.69 Å². The van der Waals surface area contributed by atoms with Crippen LogP contribution in [0.5, 0.6) is 0 Å². The predicted molar refractivity (Wildman–Crippen MR) is 152 cm³/mol. The Morgan fingerprint density at radius 3 is 2.33 bits per heavy atom. The number of rotatable bonds is 7. The van der Waals surface area contributed by atoms with Gasteiger partial charge in [-0.3, -0.25) is 14.7 Å². The average Bonchev–Trinajstić information content (AvgIpc) is 3.17. The van der Waals surface area contributed by atoms with E-state index in [4.69, 9.17) is 5.73 Å². The molecule has 1 aromatic carbocycles. The molecule has 3 amide bonds. The Kier molecular flexibility index (Phi) is 9.36. The summed E-state index contributed by atoms with van der Waals surface area (Å²) in [5.74, 6) is 0.0542. The number of amides is 3. The molecule has 1 aromatic heterocycles. The quantitative estimate of drug-likeness (QED) is 0.484. The Balaban J connectivity index is 1.28. The van der Waals surface area contributed by atoms with Gasteiger partial charge in [0.15, 0.2) is 0 Å². The number of carbonyl (C=O) groups is 2. The number of piperazine rings is 1. The molecule has 0 radical (unpaired) electrons. The normalized spacial score (nSPS) is 19.0. The van der Waals surface area contributed by atoms with Crippen molar-refractivity contribution >= 4 is 17.8 Å². The van der Waals surface area contributed by atoms with E-state index in [2.05, 4.69) is 32.7 Å². The van der Waals surface area contributed by atoms with Crippen LogP contribution in [0.4, 0.5) is 10.6 Å². The van der Waals surface area contributed by atoms with Crippen molar-refractivity contribution in [3.05, 3.63) is 52.6 Å². The molecule has 0 spiro atoms. The van der Waals surface area contributed by atoms with E-state index in [1.54, 1.807) is 35.9 Å². The first kappa shape index (κ1) is 28.7. The zero-order chi connectivity index (χ0) is 28.0. The van der Waals surface area contributed by atoms with Crippen LogP contribution >= 0.6 is 0 Å². The van der Waals surface area contributed by atoms with Gasteiger partial charge < -0.3 is 25.8 Å². The minimum atomic E-state index is -0.943. The SMILES string of the molecule is CNC1CCCN(CCc2ccc(-n3ccc(NC(=O)N4CCN(C(=O)C(C)(C)N)CC4)nc3=O)cc2)CC1. The molecule has 2 aromatic rings. The number of urea groups is 1. The Labute approximate surface area is 230 Å². The summed E-state index contributed by atoms with van der Waals surface area (Å²) in [5, 5.41) is 6.10. The van der Waals surface area contributed by atoms with Crippen molar-refractivity contribution in [3.63, 3.8) is 0 Å². The summed E-state index contributed by atoms with van der Waals surface area (Å²) < 4.78 is 1.46. The summed E-state index contributed by atoms with van der Waals surface area (Å²) in [4.78, 5) is 47.6. The highest BCUT2D eigenvalue weighted by molar-refractivity contribution is 5.89. The third kappa shape index (κ3) is 7.65. The minimum Gasteiger partial charge on any atom is -0.338 e. The van der Waals surface area contributed by atoms with Crippen molar-refractivity contribution < 1.29 is 9.59 Å². The molecule has 11 nitrogen and oxygen atoms in total. The lowest BCUT2D eigenvalue weighted by molar-refractivity contribution is -0.137. The Morgan fingerprint density at radius 1 is 1.00 bits per heavy atom. The first-order valence-corrected chi connectivity index (χ1v) is 13.9. The van der Waals surface area contributed by atoms with Crippen LogP contribution in [-0.2, 0) is 11.2 Å². The molecule has 39 heavy (non-hydrogen) atoms. The maximum absolute atomic E-state index is 12.7. The molecule has 2 fully saturated rings. The van der Waals surface area contributed by atoms with Gasteiger partial charge in [0.05, 0.1) is 11.2 Å². The fourth-order valence-electron chi connectivity index (χ4n) is 5.16. The summed E-state index contributed by atoms with van der Waals surface area (Å²) in [5.41, 5.74) is 6.46. The average molecular weight is 539 g/mol. The van der Waals surface area contributed by atoms with Crippen LogP contribution in [0, 0.1) is 0 Å². The molecular weight excluding hydrogens is 496 g/mol. The van der Waals surface area contributed by atoms with Crippen LogP contribution in [0.2, 0.25) is 0 Å². The van der Waals surface area contributed by atoms with Gasteiger partial charge in [-0.25, -0.2) is 9.59 Å². The summed E-state index contributed by atoms with van der Waals surface area (Å²) in [7, 11) is 2.05. The molecule has 4 N–H and O–H groups in total. The van der Waals surface area contributed by atoms with E-state index in [1.165, 1.54) is 29.4 Å². The van der Waals surface area contributed by atoms with Crippen LogP contribution in [0.3, 0.4) is 0 Å². The molecular formula is C28H42N8O3. The van der Waals surface area contributed by atoms with E-state index in [0.717, 1.165) is 31.7 Å². The molecule has 1 unspecified atom stereocenters. The van der Waals surface area contributed by atoms with Gasteiger partial charge in [-0.15, -0.1) is 0 Å². The Hall–Kier alpha value is -3.28. The van der Waals surface area contributed by atoms with Gasteiger partial charge >= 0.3 is 11.7 Å². The summed E-state index contributed by atoms with van der Waals surface area (Å²) in [6, 6.07) is 9.86. The van der Waals surface area contributed by atoms with E-state index < -0.39 is 11.2 Å². The predicted octanol–water partition coefficient (Wildman–Crippen LogP) is 1.26. The van der Waals surface area contributed by atoms with E-state index in [9.17, 15) is 14.4 Å². The number of nitrogens with two attached hydrogens (primary N) is 1. The van der Waals surface area contributed by atoms with E-state index in [0.29, 0.717) is 32.2 Å². The second-order valence-electron chi connectivity index (χ2n) is 11.1. The van der Waals surface area contributed by atoms with Crippen LogP contribution in [0.1, 0.15) is 38.7 Å². The van der Waals surface area contributed by atoms with E-state index >= 15 is 0 Å². The van der Waals surface area contributed by atoms with Crippen LogP contribution < -0.4 is 22.1 Å². The van der Waals surface area contributed by atoms with Crippen molar-refractivity contribution in [2.45, 2.75) is 51.1 Å². The molecule has 212 valence electrons. The second kappa shape index (κ2) is 12.7. The number of aromatic nitrogens is 2.